The highest BCUT2D eigenvalue weighted by Crippen LogP contribution is 2.29. The van der Waals surface area contributed by atoms with E-state index in [2.05, 4.69) is 10.1 Å². The molecule has 21 heavy (non-hydrogen) atoms. The van der Waals surface area contributed by atoms with E-state index in [1.165, 1.54) is 6.07 Å². The molecule has 0 atom stereocenters. The molecule has 0 bridgehead atoms. The van der Waals surface area contributed by atoms with Crippen molar-refractivity contribution in [3.63, 3.8) is 0 Å². The molecule has 1 N–H and O–H groups in total. The Kier molecular flexibility index (Phi) is 6.98. The molecule has 1 aromatic heterocycles. The Morgan fingerprint density at radius 1 is 1.29 bits per heavy atom. The second-order valence-electron chi connectivity index (χ2n) is 4.60. The average molecular weight is 304 g/mol. The van der Waals surface area contributed by atoms with Crippen LogP contribution in [0.1, 0.15) is 44.6 Å². The van der Waals surface area contributed by atoms with E-state index < -0.39 is 11.7 Å². The zero-order chi connectivity index (χ0) is 15.7. The Labute approximate surface area is 121 Å². The van der Waals surface area contributed by atoms with Gasteiger partial charge in [-0.3, -0.25) is 0 Å². The zero-order valence-electron chi connectivity index (χ0n) is 11.9. The fourth-order valence-electron chi connectivity index (χ4n) is 1.69. The highest BCUT2D eigenvalue weighted by molar-refractivity contribution is 5.83. The van der Waals surface area contributed by atoms with Crippen LogP contribution in [-0.2, 0) is 6.18 Å². The largest absolute Gasteiger partial charge is 0.478 e. The van der Waals surface area contributed by atoms with Crippen LogP contribution in [0, 0.1) is 0 Å². The molecule has 4 nitrogen and oxygen atoms in total. The highest BCUT2D eigenvalue weighted by Gasteiger charge is 2.30. The number of rotatable bonds is 8. The number of pyridine rings is 1. The van der Waals surface area contributed by atoms with E-state index >= 15 is 0 Å². The topological polar surface area (TPSA) is 54.7 Å². The molecule has 0 aliphatic carbocycles. The Morgan fingerprint density at radius 2 is 2.00 bits per heavy atom. The molecule has 7 heteroatoms. The Balaban J connectivity index is 2.33. The van der Waals surface area contributed by atoms with Gasteiger partial charge >= 0.3 is 6.18 Å². The third-order valence-electron chi connectivity index (χ3n) is 2.88. The van der Waals surface area contributed by atoms with Crippen LogP contribution in [0.2, 0.25) is 0 Å². The fourth-order valence-corrected chi connectivity index (χ4v) is 1.69. The summed E-state index contributed by atoms with van der Waals surface area (Å²) in [5, 5.41) is 12.0. The van der Waals surface area contributed by atoms with Crippen molar-refractivity contribution in [2.45, 2.75) is 45.2 Å². The second-order valence-corrected chi connectivity index (χ2v) is 4.60. The first-order valence-corrected chi connectivity index (χ1v) is 6.83. The van der Waals surface area contributed by atoms with Crippen molar-refractivity contribution >= 4 is 5.71 Å². The van der Waals surface area contributed by atoms with E-state index in [9.17, 15) is 13.2 Å². The molecule has 0 aromatic carbocycles. The molecule has 118 valence electrons. The van der Waals surface area contributed by atoms with Crippen LogP contribution in [0.5, 0.6) is 5.88 Å². The maximum Gasteiger partial charge on any atom is 0.417 e. The number of hydrogen-bond donors (Lipinski definition) is 1. The summed E-state index contributed by atoms with van der Waals surface area (Å²) in [6.45, 7) is 2.36. The van der Waals surface area contributed by atoms with Gasteiger partial charge in [-0.2, -0.15) is 13.2 Å². The maximum atomic E-state index is 12.3. The Morgan fingerprint density at radius 3 is 2.52 bits per heavy atom. The monoisotopic (exact) mass is 304 g/mol. The lowest BCUT2D eigenvalue weighted by molar-refractivity contribution is -0.137. The first-order valence-electron chi connectivity index (χ1n) is 6.83. The van der Waals surface area contributed by atoms with Crippen LogP contribution >= 0.6 is 0 Å². The third-order valence-corrected chi connectivity index (χ3v) is 2.88. The van der Waals surface area contributed by atoms with Gasteiger partial charge in [-0.25, -0.2) is 4.98 Å². The van der Waals surface area contributed by atoms with Crippen LogP contribution in [0.4, 0.5) is 13.2 Å². The van der Waals surface area contributed by atoms with Crippen molar-refractivity contribution in [3.05, 3.63) is 23.9 Å². The van der Waals surface area contributed by atoms with Crippen molar-refractivity contribution in [1.82, 2.24) is 4.98 Å². The first-order chi connectivity index (χ1) is 9.97. The number of ether oxygens (including phenoxy) is 1. The molecule has 0 radical (unpaired) electrons. The normalized spacial score (nSPS) is 12.5. The van der Waals surface area contributed by atoms with Gasteiger partial charge < -0.3 is 9.94 Å². The summed E-state index contributed by atoms with van der Waals surface area (Å²) in [6, 6.07) is 2.13. The minimum absolute atomic E-state index is 0.152. The summed E-state index contributed by atoms with van der Waals surface area (Å²) in [7, 11) is 0. The summed E-state index contributed by atoms with van der Waals surface area (Å²) in [4.78, 5) is 3.61. The second kappa shape index (κ2) is 8.49. The zero-order valence-corrected chi connectivity index (χ0v) is 11.9. The summed E-state index contributed by atoms with van der Waals surface area (Å²) < 4.78 is 42.3. The van der Waals surface area contributed by atoms with Crippen molar-refractivity contribution < 1.29 is 23.1 Å². The molecule has 0 spiro atoms. The molecule has 1 heterocycles. The third kappa shape index (κ3) is 6.46. The van der Waals surface area contributed by atoms with Crippen molar-refractivity contribution in [2.24, 2.45) is 5.16 Å². The molecule has 0 saturated carbocycles. The highest BCUT2D eigenvalue weighted by atomic mass is 19.4. The number of unbranched alkanes of at least 4 members (excludes halogenated alkanes) is 1. The number of aromatic nitrogens is 1. The number of oxime groups is 1. The van der Waals surface area contributed by atoms with E-state index in [1.54, 1.807) is 0 Å². The van der Waals surface area contributed by atoms with Crippen molar-refractivity contribution in [3.8, 4) is 5.88 Å². The minimum Gasteiger partial charge on any atom is -0.478 e. The lowest BCUT2D eigenvalue weighted by Gasteiger charge is -2.08. The van der Waals surface area contributed by atoms with E-state index in [-0.39, 0.29) is 5.88 Å². The van der Waals surface area contributed by atoms with Gasteiger partial charge in [0.05, 0.1) is 17.9 Å². The van der Waals surface area contributed by atoms with Gasteiger partial charge in [0.2, 0.25) is 5.88 Å². The van der Waals surface area contributed by atoms with Gasteiger partial charge in [-0.05, 0) is 31.7 Å². The van der Waals surface area contributed by atoms with E-state index in [0.29, 0.717) is 25.2 Å². The van der Waals surface area contributed by atoms with Gasteiger partial charge in [0.1, 0.15) is 0 Å². The van der Waals surface area contributed by atoms with Gasteiger partial charge in [0, 0.05) is 12.3 Å². The molecule has 1 aromatic rings. The van der Waals surface area contributed by atoms with E-state index in [4.69, 9.17) is 9.94 Å². The number of alkyl halides is 3. The lowest BCUT2D eigenvalue weighted by Crippen LogP contribution is -2.07. The van der Waals surface area contributed by atoms with Crippen LogP contribution in [-0.4, -0.2) is 22.5 Å². The first kappa shape index (κ1) is 17.3. The average Bonchev–Trinajstić information content (AvgIpc) is 2.46. The van der Waals surface area contributed by atoms with Crippen molar-refractivity contribution in [2.75, 3.05) is 6.61 Å². The predicted molar refractivity (Wildman–Crippen MR) is 72.7 cm³/mol. The molecule has 0 saturated heterocycles. The van der Waals surface area contributed by atoms with Crippen LogP contribution in [0.3, 0.4) is 0 Å². The quantitative estimate of drug-likeness (QED) is 0.337. The van der Waals surface area contributed by atoms with Crippen LogP contribution in [0.25, 0.3) is 0 Å². The number of hydrogen-bond acceptors (Lipinski definition) is 4. The summed E-state index contributed by atoms with van der Waals surface area (Å²) in [5.41, 5.74) is -0.0926. The molecule has 1 rings (SSSR count). The van der Waals surface area contributed by atoms with Gasteiger partial charge in [-0.15, -0.1) is 0 Å². The Bertz CT molecular complexity index is 445. The fraction of sp³-hybridized carbons (Fsp3) is 0.571. The molecular formula is C14H19F3N2O2. The molecule has 0 aliphatic heterocycles. The standard InChI is InChI=1S/C14H19F3N2O2/c1-2-3-5-12(19-20)6-4-9-21-13-8-7-11(10-18-13)14(15,16)17/h7-8,10,20H,2-6,9H2,1H3/b19-12-. The van der Waals surface area contributed by atoms with E-state index in [1.807, 2.05) is 6.92 Å². The van der Waals surface area contributed by atoms with Crippen LogP contribution in [0.15, 0.2) is 23.5 Å². The molecular weight excluding hydrogens is 285 g/mol. The minimum atomic E-state index is -4.39. The summed E-state index contributed by atoms with van der Waals surface area (Å²) >= 11 is 0. The van der Waals surface area contributed by atoms with Gasteiger partial charge in [0.25, 0.3) is 0 Å². The summed E-state index contributed by atoms with van der Waals surface area (Å²) in [6.07, 6.45) is 0.286. The van der Waals surface area contributed by atoms with Gasteiger partial charge in [0.15, 0.2) is 0 Å². The van der Waals surface area contributed by atoms with E-state index in [0.717, 1.165) is 31.5 Å². The molecule has 0 fully saturated rings. The molecule has 0 amide bonds. The molecule has 0 unspecified atom stereocenters. The SMILES string of the molecule is CCCC/C(CCCOc1ccc(C(F)(F)F)cn1)=N/O. The lowest BCUT2D eigenvalue weighted by atomic mass is 10.1. The van der Waals surface area contributed by atoms with Gasteiger partial charge in [-0.1, -0.05) is 18.5 Å². The maximum absolute atomic E-state index is 12.3. The van der Waals surface area contributed by atoms with Crippen LogP contribution < -0.4 is 4.74 Å². The smallest absolute Gasteiger partial charge is 0.417 e. The number of halogens is 3. The predicted octanol–water partition coefficient (Wildman–Crippen LogP) is 4.28. The Hall–Kier alpha value is -1.79. The van der Waals surface area contributed by atoms with Crippen molar-refractivity contribution in [1.29, 1.82) is 0 Å². The number of nitrogens with zero attached hydrogens (tertiary/aromatic N) is 2. The molecule has 0 aliphatic rings. The summed E-state index contributed by atoms with van der Waals surface area (Å²) in [5.74, 6) is 0.152.